The zero-order chi connectivity index (χ0) is 53.1. The number of pyridine rings is 2. The third-order valence-corrected chi connectivity index (χ3v) is 17.0. The topological polar surface area (TPSA) is 35.6 Å². The molecular formula is C72H56B2N4Pt. The van der Waals surface area contributed by atoms with Crippen LogP contribution in [-0.4, -0.2) is 32.5 Å². The van der Waals surface area contributed by atoms with Gasteiger partial charge in [-0.25, -0.2) is 4.98 Å². The Kier molecular flexibility index (Phi) is 12.4. The van der Waals surface area contributed by atoms with Gasteiger partial charge in [0.25, 0.3) is 0 Å². The Morgan fingerprint density at radius 1 is 0.367 bits per heavy atom. The fourth-order valence-electron chi connectivity index (χ4n) is 13.9. The monoisotopic (exact) mass is 1190 g/mol. The van der Waals surface area contributed by atoms with Crippen LogP contribution in [0.1, 0.15) is 44.5 Å². The summed E-state index contributed by atoms with van der Waals surface area (Å²) in [6.07, 6.45) is 3.81. The first-order valence-corrected chi connectivity index (χ1v) is 27.3. The number of fused-ring (bicyclic) bond motifs is 8. The van der Waals surface area contributed by atoms with Crippen molar-refractivity contribution in [1.29, 1.82) is 0 Å². The van der Waals surface area contributed by atoms with E-state index in [1.165, 1.54) is 105 Å². The molecule has 0 fully saturated rings. The Labute approximate surface area is 478 Å². The minimum Gasteiger partial charge on any atom is -0.352 e. The molecule has 9 aromatic carbocycles. The van der Waals surface area contributed by atoms with Crippen molar-refractivity contribution in [3.05, 3.63) is 251 Å². The Bertz CT molecular complexity index is 4520. The molecule has 0 aliphatic carbocycles. The molecule has 380 valence electrons. The average Bonchev–Trinajstić information content (AvgIpc) is 3.55. The summed E-state index contributed by atoms with van der Waals surface area (Å²) in [6, 6.07) is 75.4. The van der Waals surface area contributed by atoms with Gasteiger partial charge in [-0.05, 0) is 152 Å². The second-order valence-corrected chi connectivity index (χ2v) is 21.9. The maximum absolute atomic E-state index is 5.25. The molecule has 0 amide bonds. The van der Waals surface area contributed by atoms with E-state index in [0.717, 1.165) is 61.0 Å². The Balaban J connectivity index is 0.00000591. The van der Waals surface area contributed by atoms with E-state index in [9.17, 15) is 0 Å². The number of para-hydroxylation sites is 2. The van der Waals surface area contributed by atoms with Gasteiger partial charge in [0, 0.05) is 23.4 Å². The molecule has 14 rings (SSSR count). The Hall–Kier alpha value is -8.30. The molecule has 0 radical (unpaired) electrons. The third kappa shape index (κ3) is 7.93. The van der Waals surface area contributed by atoms with Gasteiger partial charge < -0.3 is 14.1 Å². The average molecular weight is 1190 g/mol. The van der Waals surface area contributed by atoms with Crippen LogP contribution in [0, 0.1) is 67.5 Å². The van der Waals surface area contributed by atoms with Gasteiger partial charge in [-0.2, -0.15) is 11.5 Å². The van der Waals surface area contributed by atoms with Gasteiger partial charge >= 0.3 is 21.1 Å². The summed E-state index contributed by atoms with van der Waals surface area (Å²) in [5.41, 5.74) is 30.1. The van der Waals surface area contributed by atoms with Crippen molar-refractivity contribution in [3.8, 4) is 45.0 Å². The second-order valence-electron chi connectivity index (χ2n) is 21.9. The molecule has 4 aromatic heterocycles. The molecule has 0 atom stereocenters. The quantitative estimate of drug-likeness (QED) is 0.118. The first-order chi connectivity index (χ1) is 38.0. The second kappa shape index (κ2) is 19.6. The number of hydrogen-bond donors (Lipinski definition) is 0. The van der Waals surface area contributed by atoms with E-state index in [0.29, 0.717) is 0 Å². The van der Waals surface area contributed by atoms with Gasteiger partial charge in [0.05, 0.1) is 0 Å². The summed E-state index contributed by atoms with van der Waals surface area (Å²) in [6.45, 7) is 18.0. The Morgan fingerprint density at radius 2 is 0.835 bits per heavy atom. The van der Waals surface area contributed by atoms with E-state index >= 15 is 0 Å². The molecule has 0 saturated heterocycles. The molecule has 4 nitrogen and oxygen atoms in total. The summed E-state index contributed by atoms with van der Waals surface area (Å²) >= 11 is 0. The van der Waals surface area contributed by atoms with E-state index in [2.05, 4.69) is 247 Å². The summed E-state index contributed by atoms with van der Waals surface area (Å²) < 4.78 is 4.69. The minimum absolute atomic E-state index is 0. The van der Waals surface area contributed by atoms with Crippen LogP contribution in [0.5, 0.6) is 0 Å². The molecule has 0 bridgehead atoms. The number of nitrogens with zero attached hydrogens (tertiary/aromatic N) is 4. The van der Waals surface area contributed by atoms with Crippen molar-refractivity contribution in [3.63, 3.8) is 0 Å². The van der Waals surface area contributed by atoms with Crippen molar-refractivity contribution in [1.82, 2.24) is 19.1 Å². The van der Waals surface area contributed by atoms with Crippen LogP contribution in [0.25, 0.3) is 88.6 Å². The standard InChI is InChI=1S/C72H56B2N4.Pt/c1-43-21-19-22-44(2)68(43)51-35-47(5)70(48(6)36-51)73-59-27-11-12-28-60(59)74(71-49(7)37-52(38-50(71)8)69-45(3)23-20-24-46(69)4)72-58(62-29-15-17-33-75-62)39-53(40-61(72)73)77-63-30-13-9-25-54(63)56-41-57-55-26-10-14-31-64(55)78(66(57)42-65(56)77)67-32-16-18-34-76-67;/h9-38,40-41H,1-8H3;/q-2;+2. The van der Waals surface area contributed by atoms with Crippen molar-refractivity contribution >= 4 is 89.8 Å². The molecule has 1 aliphatic heterocycles. The molecule has 0 saturated carbocycles. The van der Waals surface area contributed by atoms with Gasteiger partial charge in [0.1, 0.15) is 5.82 Å². The largest absolute Gasteiger partial charge is 2.00 e. The van der Waals surface area contributed by atoms with Crippen LogP contribution < -0.4 is 32.8 Å². The van der Waals surface area contributed by atoms with E-state index in [1.807, 2.05) is 24.5 Å². The number of aryl methyl sites for hydroxylation is 8. The smallest absolute Gasteiger partial charge is 0.352 e. The van der Waals surface area contributed by atoms with Gasteiger partial charge in [0.15, 0.2) is 6.71 Å². The van der Waals surface area contributed by atoms with Crippen LogP contribution >= 0.6 is 0 Å². The van der Waals surface area contributed by atoms with E-state index in [-0.39, 0.29) is 34.5 Å². The first-order valence-electron chi connectivity index (χ1n) is 27.3. The molecule has 79 heavy (non-hydrogen) atoms. The molecule has 1 aliphatic rings. The van der Waals surface area contributed by atoms with Crippen LogP contribution in [0.3, 0.4) is 0 Å². The molecular weight excluding hydrogens is 1140 g/mol. The summed E-state index contributed by atoms with van der Waals surface area (Å²) in [7, 11) is 0. The normalized spacial score (nSPS) is 12.2. The molecule has 7 heteroatoms. The van der Waals surface area contributed by atoms with Gasteiger partial charge in [-0.3, -0.25) is 0 Å². The predicted octanol–water partition coefficient (Wildman–Crippen LogP) is 13.1. The van der Waals surface area contributed by atoms with Crippen LogP contribution in [0.4, 0.5) is 0 Å². The summed E-state index contributed by atoms with van der Waals surface area (Å²) in [4.78, 5) is 10.2. The van der Waals surface area contributed by atoms with Crippen LogP contribution in [0.2, 0.25) is 0 Å². The minimum atomic E-state index is -0.130. The fraction of sp³-hybridized carbons (Fsp3) is 0.111. The number of rotatable bonds is 7. The van der Waals surface area contributed by atoms with Gasteiger partial charge in [-0.1, -0.05) is 195 Å². The number of hydrogen-bond acceptors (Lipinski definition) is 2. The van der Waals surface area contributed by atoms with Crippen molar-refractivity contribution in [2.45, 2.75) is 55.4 Å². The zero-order valence-electron chi connectivity index (χ0n) is 45.7. The summed E-state index contributed by atoms with van der Waals surface area (Å²) in [5.74, 6) is 0.856. The van der Waals surface area contributed by atoms with Gasteiger partial charge in [-0.15, -0.1) is 40.0 Å². The predicted molar refractivity (Wildman–Crippen MR) is 331 cm³/mol. The number of benzene rings is 9. The maximum Gasteiger partial charge on any atom is 2.00 e. The first kappa shape index (κ1) is 50.2. The van der Waals surface area contributed by atoms with E-state index < -0.39 is 0 Å². The van der Waals surface area contributed by atoms with Crippen LogP contribution in [-0.2, 0) is 21.1 Å². The molecule has 5 heterocycles. The molecule has 13 aromatic rings. The molecule has 0 N–H and O–H groups in total. The van der Waals surface area contributed by atoms with Crippen LogP contribution in [0.15, 0.2) is 194 Å². The third-order valence-electron chi connectivity index (χ3n) is 17.0. The zero-order valence-corrected chi connectivity index (χ0v) is 48.0. The maximum atomic E-state index is 5.25. The SMILES string of the molecule is Cc1cc(-c2c(C)cccc2C)cc(C)c1B1c2ccccc2B(c2c(C)cc(-c3c(C)cccc3C)cc2C)c2c(-c3ccccn3)[c-]c(-n3c4[c-]c5c(cc4c4ccccc43)c3ccccc3n5-c3ccccn3)cc21.[Pt+2]. The van der Waals surface area contributed by atoms with Crippen molar-refractivity contribution in [2.75, 3.05) is 0 Å². The van der Waals surface area contributed by atoms with Crippen molar-refractivity contribution in [2.24, 2.45) is 0 Å². The summed E-state index contributed by atoms with van der Waals surface area (Å²) in [5, 5.41) is 4.60. The van der Waals surface area contributed by atoms with Crippen molar-refractivity contribution < 1.29 is 21.1 Å². The molecule has 0 unspecified atom stereocenters. The Morgan fingerprint density at radius 3 is 1.37 bits per heavy atom. The fourth-order valence-corrected chi connectivity index (χ4v) is 13.9. The van der Waals surface area contributed by atoms with E-state index in [4.69, 9.17) is 9.97 Å². The van der Waals surface area contributed by atoms with E-state index in [1.54, 1.807) is 0 Å². The molecule has 0 spiro atoms. The van der Waals surface area contributed by atoms with Gasteiger partial charge in [0.2, 0.25) is 6.71 Å². The number of aromatic nitrogens is 4.